The van der Waals surface area contributed by atoms with Gasteiger partial charge in [0.2, 0.25) is 5.82 Å². The third-order valence-electron chi connectivity index (χ3n) is 2.47. The summed E-state index contributed by atoms with van der Waals surface area (Å²) in [7, 11) is 0. The van der Waals surface area contributed by atoms with Crippen LogP contribution in [0.15, 0.2) is 46.0 Å². The van der Waals surface area contributed by atoms with Gasteiger partial charge in [-0.05, 0) is 18.2 Å². The number of benzene rings is 1. The normalized spacial score (nSPS) is 10.6. The van der Waals surface area contributed by atoms with Crippen molar-refractivity contribution in [1.82, 2.24) is 20.1 Å². The minimum absolute atomic E-state index is 0.260. The van der Waals surface area contributed by atoms with E-state index in [-0.39, 0.29) is 5.82 Å². The highest BCUT2D eigenvalue weighted by Gasteiger charge is 2.08. The molecule has 0 amide bonds. The Hall–Kier alpha value is -2.47. The molecule has 3 rings (SSSR count). The summed E-state index contributed by atoms with van der Waals surface area (Å²) in [6.45, 7) is 0. The maximum atomic E-state index is 10.9. The second kappa shape index (κ2) is 4.66. The van der Waals surface area contributed by atoms with Crippen molar-refractivity contribution < 1.29 is 4.52 Å². The molecule has 0 radical (unpaired) electrons. The van der Waals surface area contributed by atoms with E-state index in [4.69, 9.17) is 11.6 Å². The van der Waals surface area contributed by atoms with Crippen molar-refractivity contribution in [3.05, 3.63) is 52.2 Å². The molecule has 0 spiro atoms. The standard InChI is InChI=1S/C12H7ClN4O2/c13-8-3-1-2-7(4-8)9-5-10(15-6-14-9)11-16-12(18)19-17-11/h1-6H,(H,16,17,18). The number of H-pyrrole nitrogens is 1. The van der Waals surface area contributed by atoms with Crippen LogP contribution in [0.25, 0.3) is 22.8 Å². The van der Waals surface area contributed by atoms with Gasteiger partial charge in [-0.1, -0.05) is 28.9 Å². The van der Waals surface area contributed by atoms with E-state index < -0.39 is 5.76 Å². The number of halogens is 1. The molecule has 0 atom stereocenters. The lowest BCUT2D eigenvalue weighted by atomic mass is 10.1. The number of aromatic nitrogens is 4. The van der Waals surface area contributed by atoms with E-state index in [1.54, 1.807) is 18.2 Å². The third-order valence-corrected chi connectivity index (χ3v) is 2.71. The first-order chi connectivity index (χ1) is 9.22. The predicted octanol–water partition coefficient (Wildman–Crippen LogP) is 2.14. The second-order valence-corrected chi connectivity index (χ2v) is 4.18. The van der Waals surface area contributed by atoms with Crippen molar-refractivity contribution in [2.75, 3.05) is 0 Å². The minimum atomic E-state index is -0.627. The fourth-order valence-corrected chi connectivity index (χ4v) is 1.82. The smallest absolute Gasteiger partial charge is 0.296 e. The molecule has 0 aliphatic heterocycles. The molecule has 6 nitrogen and oxygen atoms in total. The highest BCUT2D eigenvalue weighted by molar-refractivity contribution is 6.30. The van der Waals surface area contributed by atoms with E-state index in [0.717, 1.165) is 5.56 Å². The van der Waals surface area contributed by atoms with Gasteiger partial charge in [0.25, 0.3) is 0 Å². The van der Waals surface area contributed by atoms with Crippen molar-refractivity contribution in [1.29, 1.82) is 0 Å². The van der Waals surface area contributed by atoms with E-state index >= 15 is 0 Å². The van der Waals surface area contributed by atoms with Crippen LogP contribution in [0.2, 0.25) is 5.02 Å². The Balaban J connectivity index is 2.07. The van der Waals surface area contributed by atoms with Crippen LogP contribution in [-0.2, 0) is 0 Å². The van der Waals surface area contributed by atoms with Gasteiger partial charge < -0.3 is 0 Å². The van der Waals surface area contributed by atoms with Gasteiger partial charge in [0.1, 0.15) is 12.0 Å². The Bertz CT molecular complexity index is 781. The second-order valence-electron chi connectivity index (χ2n) is 3.74. The Morgan fingerprint density at radius 2 is 2.00 bits per heavy atom. The van der Waals surface area contributed by atoms with Gasteiger partial charge in [-0.25, -0.2) is 14.8 Å². The van der Waals surface area contributed by atoms with Crippen LogP contribution in [0.5, 0.6) is 0 Å². The van der Waals surface area contributed by atoms with Crippen LogP contribution in [0, 0.1) is 0 Å². The first-order valence-corrected chi connectivity index (χ1v) is 5.74. The van der Waals surface area contributed by atoms with Gasteiger partial charge in [-0.15, -0.1) is 0 Å². The lowest BCUT2D eigenvalue weighted by Gasteiger charge is -2.02. The number of hydrogen-bond donors (Lipinski definition) is 1. The Kier molecular flexibility index (Phi) is 2.85. The van der Waals surface area contributed by atoms with E-state index in [0.29, 0.717) is 16.4 Å². The van der Waals surface area contributed by atoms with E-state index in [1.165, 1.54) is 6.33 Å². The van der Waals surface area contributed by atoms with Crippen LogP contribution in [0.3, 0.4) is 0 Å². The van der Waals surface area contributed by atoms with Crippen LogP contribution < -0.4 is 5.76 Å². The molecule has 0 aliphatic carbocycles. The number of nitrogens with zero attached hydrogens (tertiary/aromatic N) is 3. The van der Waals surface area contributed by atoms with Crippen LogP contribution in [0.4, 0.5) is 0 Å². The molecule has 0 saturated carbocycles. The largest absolute Gasteiger partial charge is 0.439 e. The fraction of sp³-hybridized carbons (Fsp3) is 0. The van der Waals surface area contributed by atoms with Gasteiger partial charge in [-0.3, -0.25) is 9.51 Å². The van der Waals surface area contributed by atoms with E-state index in [1.807, 2.05) is 12.1 Å². The number of hydrogen-bond acceptors (Lipinski definition) is 5. The van der Waals surface area contributed by atoms with Crippen molar-refractivity contribution in [3.8, 4) is 22.8 Å². The van der Waals surface area contributed by atoms with Crippen molar-refractivity contribution in [2.24, 2.45) is 0 Å². The first-order valence-electron chi connectivity index (χ1n) is 5.37. The number of rotatable bonds is 2. The molecule has 0 bridgehead atoms. The monoisotopic (exact) mass is 274 g/mol. The van der Waals surface area contributed by atoms with E-state index in [9.17, 15) is 4.79 Å². The van der Waals surface area contributed by atoms with Crippen molar-refractivity contribution in [2.45, 2.75) is 0 Å². The van der Waals surface area contributed by atoms with Crippen molar-refractivity contribution >= 4 is 11.6 Å². The van der Waals surface area contributed by atoms with Gasteiger partial charge in [0.05, 0.1) is 5.69 Å². The van der Waals surface area contributed by atoms with Crippen molar-refractivity contribution in [3.63, 3.8) is 0 Å². The Morgan fingerprint density at radius 1 is 1.16 bits per heavy atom. The highest BCUT2D eigenvalue weighted by Crippen LogP contribution is 2.22. The lowest BCUT2D eigenvalue weighted by Crippen LogP contribution is -1.96. The van der Waals surface area contributed by atoms with Crippen LogP contribution >= 0.6 is 11.6 Å². The average molecular weight is 275 g/mol. The van der Waals surface area contributed by atoms with Crippen LogP contribution in [0.1, 0.15) is 0 Å². The number of nitrogens with one attached hydrogen (secondary N) is 1. The zero-order valence-electron chi connectivity index (χ0n) is 9.50. The fourth-order valence-electron chi connectivity index (χ4n) is 1.63. The topological polar surface area (TPSA) is 84.7 Å². The van der Waals surface area contributed by atoms with Gasteiger partial charge in [0, 0.05) is 10.6 Å². The summed E-state index contributed by atoms with van der Waals surface area (Å²) in [6, 6.07) is 8.97. The predicted molar refractivity (Wildman–Crippen MR) is 68.6 cm³/mol. The molecular weight excluding hydrogens is 268 g/mol. The molecule has 0 saturated heterocycles. The summed E-state index contributed by atoms with van der Waals surface area (Å²) in [5.74, 6) is -0.367. The molecule has 19 heavy (non-hydrogen) atoms. The summed E-state index contributed by atoms with van der Waals surface area (Å²) in [5, 5.41) is 4.20. The maximum absolute atomic E-state index is 10.9. The lowest BCUT2D eigenvalue weighted by molar-refractivity contribution is 0.387. The summed E-state index contributed by atoms with van der Waals surface area (Å²) in [5.41, 5.74) is 1.99. The minimum Gasteiger partial charge on any atom is -0.296 e. The summed E-state index contributed by atoms with van der Waals surface area (Å²) in [4.78, 5) is 21.5. The Morgan fingerprint density at radius 3 is 2.74 bits per heavy atom. The highest BCUT2D eigenvalue weighted by atomic mass is 35.5. The molecule has 2 aromatic heterocycles. The van der Waals surface area contributed by atoms with Gasteiger partial charge in [-0.2, -0.15) is 0 Å². The molecular formula is C12H7ClN4O2. The molecule has 0 aliphatic rings. The first kappa shape index (κ1) is 11.6. The van der Waals surface area contributed by atoms with E-state index in [2.05, 4.69) is 24.6 Å². The molecule has 1 aromatic carbocycles. The quantitative estimate of drug-likeness (QED) is 0.774. The maximum Gasteiger partial charge on any atom is 0.439 e. The Labute approximate surface area is 112 Å². The summed E-state index contributed by atoms with van der Waals surface area (Å²) >= 11 is 5.94. The van der Waals surface area contributed by atoms with Gasteiger partial charge in [0.15, 0.2) is 0 Å². The number of aromatic amines is 1. The molecule has 0 fully saturated rings. The summed E-state index contributed by atoms with van der Waals surface area (Å²) < 4.78 is 4.44. The van der Waals surface area contributed by atoms with Crippen LogP contribution in [-0.4, -0.2) is 20.1 Å². The molecule has 7 heteroatoms. The molecule has 94 valence electrons. The molecule has 1 N–H and O–H groups in total. The molecule has 0 unspecified atom stereocenters. The average Bonchev–Trinajstić information content (AvgIpc) is 2.86. The molecule has 3 aromatic rings. The molecule has 2 heterocycles. The van der Waals surface area contributed by atoms with Gasteiger partial charge >= 0.3 is 5.76 Å². The summed E-state index contributed by atoms with van der Waals surface area (Å²) in [6.07, 6.45) is 1.39. The zero-order valence-corrected chi connectivity index (χ0v) is 10.3. The SMILES string of the molecule is O=c1[nH]c(-c2cc(-c3cccc(Cl)c3)ncn2)no1. The third kappa shape index (κ3) is 2.38. The zero-order chi connectivity index (χ0) is 13.2.